The first-order valence-corrected chi connectivity index (χ1v) is 10.4. The molecule has 2 aliphatic heterocycles. The van der Waals surface area contributed by atoms with E-state index in [2.05, 4.69) is 20.9 Å². The molecular formula is C22H30N6O. The van der Waals surface area contributed by atoms with E-state index in [1.165, 1.54) is 16.8 Å². The summed E-state index contributed by atoms with van der Waals surface area (Å²) in [4.78, 5) is 32.3. The van der Waals surface area contributed by atoms with E-state index >= 15 is 0 Å². The molecule has 0 saturated carbocycles. The summed E-state index contributed by atoms with van der Waals surface area (Å²) in [6.07, 6.45) is 6.87. The number of rotatable bonds is 4. The van der Waals surface area contributed by atoms with Crippen molar-refractivity contribution in [1.29, 1.82) is 0 Å². The van der Waals surface area contributed by atoms with Crippen molar-refractivity contribution < 1.29 is 4.79 Å². The van der Waals surface area contributed by atoms with Crippen molar-refractivity contribution in [2.24, 2.45) is 0 Å². The van der Waals surface area contributed by atoms with Gasteiger partial charge in [-0.1, -0.05) is 6.07 Å². The number of carbonyl (C=O) groups is 1. The second-order valence-electron chi connectivity index (χ2n) is 8.35. The van der Waals surface area contributed by atoms with E-state index in [-0.39, 0.29) is 11.8 Å². The van der Waals surface area contributed by atoms with Crippen molar-refractivity contribution in [1.82, 2.24) is 24.8 Å². The van der Waals surface area contributed by atoms with Crippen molar-refractivity contribution in [3.8, 4) is 0 Å². The van der Waals surface area contributed by atoms with Crippen LogP contribution in [0.3, 0.4) is 0 Å². The highest BCUT2D eigenvalue weighted by Crippen LogP contribution is 2.27. The Hall–Kier alpha value is -2.54. The molecule has 1 amide bonds. The van der Waals surface area contributed by atoms with Crippen LogP contribution in [0.1, 0.15) is 48.3 Å². The molecule has 0 N–H and O–H groups in total. The average molecular weight is 395 g/mol. The summed E-state index contributed by atoms with van der Waals surface area (Å²) in [6.45, 7) is 5.97. The fourth-order valence-electron chi connectivity index (χ4n) is 4.39. The first kappa shape index (κ1) is 19.8. The Morgan fingerprint density at radius 1 is 1.28 bits per heavy atom. The molecule has 1 unspecified atom stereocenters. The largest absolute Gasteiger partial charge is 0.362 e. The van der Waals surface area contributed by atoms with E-state index < -0.39 is 0 Å². The molecule has 154 valence electrons. The predicted molar refractivity (Wildman–Crippen MR) is 113 cm³/mol. The molecule has 7 heteroatoms. The number of anilines is 1. The quantitative estimate of drug-likeness (QED) is 0.792. The Labute approximate surface area is 172 Å². The van der Waals surface area contributed by atoms with Crippen LogP contribution in [0.4, 0.5) is 5.82 Å². The smallest absolute Gasteiger partial charge is 0.219 e. The minimum Gasteiger partial charge on any atom is -0.362 e. The van der Waals surface area contributed by atoms with Gasteiger partial charge in [0.1, 0.15) is 11.6 Å². The molecule has 1 fully saturated rings. The Kier molecular flexibility index (Phi) is 5.76. The van der Waals surface area contributed by atoms with E-state index in [4.69, 9.17) is 9.97 Å². The van der Waals surface area contributed by atoms with Crippen molar-refractivity contribution >= 4 is 11.7 Å². The maximum atomic E-state index is 11.7. The van der Waals surface area contributed by atoms with Gasteiger partial charge in [-0.15, -0.1) is 0 Å². The molecule has 1 atom stereocenters. The third-order valence-corrected chi connectivity index (χ3v) is 5.95. The predicted octanol–water partition coefficient (Wildman–Crippen LogP) is 2.22. The number of fused-ring (bicyclic) bond motifs is 1. The number of pyridine rings is 1. The molecule has 0 spiro atoms. The third-order valence-electron chi connectivity index (χ3n) is 5.95. The lowest BCUT2D eigenvalue weighted by atomic mass is 9.96. The van der Waals surface area contributed by atoms with Crippen LogP contribution in [0.2, 0.25) is 0 Å². The summed E-state index contributed by atoms with van der Waals surface area (Å²) < 4.78 is 0. The topological polar surface area (TPSA) is 65.5 Å². The summed E-state index contributed by atoms with van der Waals surface area (Å²) in [5.74, 6) is 2.34. The molecule has 2 aromatic heterocycles. The highest BCUT2D eigenvalue weighted by molar-refractivity contribution is 5.73. The van der Waals surface area contributed by atoms with Gasteiger partial charge in [0, 0.05) is 95.3 Å². The second kappa shape index (κ2) is 8.45. The lowest BCUT2D eigenvalue weighted by molar-refractivity contribution is -0.130. The molecule has 2 aliphatic rings. The number of aromatic nitrogens is 3. The maximum Gasteiger partial charge on any atom is 0.219 e. The third kappa shape index (κ3) is 4.40. The molecule has 29 heavy (non-hydrogen) atoms. The number of nitrogens with zero attached hydrogens (tertiary/aromatic N) is 6. The first-order chi connectivity index (χ1) is 14.0. The fourth-order valence-corrected chi connectivity index (χ4v) is 4.39. The van der Waals surface area contributed by atoms with Crippen LogP contribution in [0, 0.1) is 0 Å². The van der Waals surface area contributed by atoms with Gasteiger partial charge < -0.3 is 9.80 Å². The van der Waals surface area contributed by atoms with Crippen LogP contribution < -0.4 is 4.90 Å². The molecule has 4 heterocycles. The van der Waals surface area contributed by atoms with Gasteiger partial charge >= 0.3 is 0 Å². The van der Waals surface area contributed by atoms with Gasteiger partial charge in [0.15, 0.2) is 0 Å². The number of piperidine rings is 1. The van der Waals surface area contributed by atoms with Crippen molar-refractivity contribution in [3.05, 3.63) is 47.2 Å². The summed E-state index contributed by atoms with van der Waals surface area (Å²) >= 11 is 0. The van der Waals surface area contributed by atoms with Gasteiger partial charge in [0.25, 0.3) is 0 Å². The fraction of sp³-hybridized carbons (Fsp3) is 0.545. The SMILES string of the molecule is CC(=O)N1CCCC(c2ncc3c(n2)CCN(Cc2cccnc2N(C)C)C3)C1. The molecule has 0 bridgehead atoms. The Morgan fingerprint density at radius 2 is 2.14 bits per heavy atom. The van der Waals surface area contributed by atoms with E-state index in [9.17, 15) is 4.79 Å². The van der Waals surface area contributed by atoms with Crippen LogP contribution in [0.15, 0.2) is 24.5 Å². The Bertz CT molecular complexity index is 883. The highest BCUT2D eigenvalue weighted by atomic mass is 16.2. The summed E-state index contributed by atoms with van der Waals surface area (Å²) in [5.41, 5.74) is 3.63. The molecular weight excluding hydrogens is 364 g/mol. The lowest BCUT2D eigenvalue weighted by Gasteiger charge is -2.32. The van der Waals surface area contributed by atoms with Crippen LogP contribution in [0.25, 0.3) is 0 Å². The van der Waals surface area contributed by atoms with E-state index in [1.54, 1.807) is 6.92 Å². The van der Waals surface area contributed by atoms with Crippen LogP contribution in [0.5, 0.6) is 0 Å². The molecule has 7 nitrogen and oxygen atoms in total. The van der Waals surface area contributed by atoms with E-state index in [0.29, 0.717) is 0 Å². The number of carbonyl (C=O) groups excluding carboxylic acids is 1. The van der Waals surface area contributed by atoms with Crippen molar-refractivity contribution in [2.45, 2.75) is 45.2 Å². The summed E-state index contributed by atoms with van der Waals surface area (Å²) in [5, 5.41) is 0. The number of hydrogen-bond donors (Lipinski definition) is 0. The van der Waals surface area contributed by atoms with Crippen LogP contribution in [-0.2, 0) is 24.3 Å². The molecule has 0 aromatic carbocycles. The second-order valence-corrected chi connectivity index (χ2v) is 8.35. The monoisotopic (exact) mass is 394 g/mol. The van der Waals surface area contributed by atoms with Crippen LogP contribution >= 0.6 is 0 Å². The van der Waals surface area contributed by atoms with Crippen molar-refractivity contribution in [2.75, 3.05) is 38.6 Å². The molecule has 2 aromatic rings. The van der Waals surface area contributed by atoms with Gasteiger partial charge in [-0.3, -0.25) is 9.69 Å². The van der Waals surface area contributed by atoms with Crippen molar-refractivity contribution in [3.63, 3.8) is 0 Å². The zero-order chi connectivity index (χ0) is 20.4. The number of hydrogen-bond acceptors (Lipinski definition) is 6. The number of likely N-dealkylation sites (tertiary alicyclic amines) is 1. The zero-order valence-corrected chi connectivity index (χ0v) is 17.6. The average Bonchev–Trinajstić information content (AvgIpc) is 2.73. The highest BCUT2D eigenvalue weighted by Gasteiger charge is 2.27. The zero-order valence-electron chi connectivity index (χ0n) is 17.6. The van der Waals surface area contributed by atoms with E-state index in [1.807, 2.05) is 37.5 Å². The van der Waals surface area contributed by atoms with Gasteiger partial charge in [-0.25, -0.2) is 15.0 Å². The van der Waals surface area contributed by atoms with Gasteiger partial charge in [0.05, 0.1) is 0 Å². The number of amides is 1. The first-order valence-electron chi connectivity index (χ1n) is 10.4. The molecule has 0 aliphatic carbocycles. The lowest BCUT2D eigenvalue weighted by Crippen LogP contribution is -2.38. The minimum absolute atomic E-state index is 0.149. The molecule has 1 saturated heterocycles. The summed E-state index contributed by atoms with van der Waals surface area (Å²) in [6, 6.07) is 4.16. The summed E-state index contributed by atoms with van der Waals surface area (Å²) in [7, 11) is 4.07. The molecule has 0 radical (unpaired) electrons. The standard InChI is InChI=1S/C22H30N6O/c1-16(29)28-10-5-7-17(15-28)21-24-12-19-14-27(11-8-20(19)25-21)13-18-6-4-9-23-22(18)26(2)3/h4,6,9,12,17H,5,7-8,10-11,13-15H2,1-3H3. The van der Waals surface area contributed by atoms with Gasteiger partial charge in [-0.2, -0.15) is 0 Å². The van der Waals surface area contributed by atoms with Crippen LogP contribution in [-0.4, -0.2) is 64.4 Å². The van der Waals surface area contributed by atoms with Gasteiger partial charge in [-0.05, 0) is 18.9 Å². The molecule has 4 rings (SSSR count). The normalized spacial score (nSPS) is 19.7. The Morgan fingerprint density at radius 3 is 2.93 bits per heavy atom. The minimum atomic E-state index is 0.149. The Balaban J connectivity index is 1.45. The van der Waals surface area contributed by atoms with Gasteiger partial charge in [0.2, 0.25) is 5.91 Å². The maximum absolute atomic E-state index is 11.7. The van der Waals surface area contributed by atoms with E-state index in [0.717, 1.165) is 63.6 Å².